The van der Waals surface area contributed by atoms with Crippen molar-refractivity contribution in [1.29, 1.82) is 0 Å². The van der Waals surface area contributed by atoms with Crippen molar-refractivity contribution in [3.63, 3.8) is 0 Å². The van der Waals surface area contributed by atoms with Crippen molar-refractivity contribution < 1.29 is 4.79 Å². The molecule has 116 valence electrons. The van der Waals surface area contributed by atoms with Crippen molar-refractivity contribution in [2.75, 3.05) is 19.6 Å². The largest absolute Gasteiger partial charge is 0.356 e. The number of nitrogens with zero attached hydrogens (tertiary/aromatic N) is 1. The number of hydrogen-bond donors (Lipinski definition) is 2. The molecule has 3 atom stereocenters. The van der Waals surface area contributed by atoms with E-state index in [0.717, 1.165) is 38.8 Å². The molecule has 1 aliphatic heterocycles. The van der Waals surface area contributed by atoms with Crippen LogP contribution in [0.15, 0.2) is 0 Å². The lowest BCUT2D eigenvalue weighted by atomic mass is 9.84. The van der Waals surface area contributed by atoms with Gasteiger partial charge in [-0.2, -0.15) is 0 Å². The molecule has 0 aromatic rings. The molecule has 0 aromatic carbocycles. The van der Waals surface area contributed by atoms with Crippen LogP contribution in [0, 0.1) is 5.92 Å². The van der Waals surface area contributed by atoms with Crippen molar-refractivity contribution >= 4 is 5.91 Å². The third kappa shape index (κ3) is 4.45. The zero-order valence-corrected chi connectivity index (χ0v) is 12.9. The second-order valence-corrected chi connectivity index (χ2v) is 6.58. The highest BCUT2D eigenvalue weighted by molar-refractivity contribution is 5.79. The smallest absolute Gasteiger partial charge is 0.224 e. The average Bonchev–Trinajstić information content (AvgIpc) is 2.45. The minimum Gasteiger partial charge on any atom is -0.356 e. The van der Waals surface area contributed by atoms with Crippen LogP contribution in [-0.2, 0) is 4.79 Å². The molecule has 1 aliphatic carbocycles. The van der Waals surface area contributed by atoms with Gasteiger partial charge in [0, 0.05) is 25.2 Å². The maximum absolute atomic E-state index is 12.1. The van der Waals surface area contributed by atoms with Gasteiger partial charge in [-0.3, -0.25) is 4.79 Å². The Kier molecular flexibility index (Phi) is 6.30. The molecule has 1 saturated heterocycles. The van der Waals surface area contributed by atoms with Crippen molar-refractivity contribution in [2.24, 2.45) is 11.7 Å². The molecule has 0 spiro atoms. The standard InChI is InChI=1S/C16H31N3O/c1-13-7-4-5-11-19(13)12-6-10-18-16(20)14-8-2-3-9-15(14)17/h13-15H,2-12,17H2,1H3,(H,18,20). The number of nitrogens with two attached hydrogens (primary N) is 1. The van der Waals surface area contributed by atoms with Crippen LogP contribution in [-0.4, -0.2) is 42.5 Å². The van der Waals surface area contributed by atoms with Crippen molar-refractivity contribution in [2.45, 2.75) is 70.4 Å². The fourth-order valence-corrected chi connectivity index (χ4v) is 3.60. The van der Waals surface area contributed by atoms with E-state index < -0.39 is 0 Å². The Morgan fingerprint density at radius 2 is 1.95 bits per heavy atom. The molecule has 20 heavy (non-hydrogen) atoms. The molecule has 4 nitrogen and oxygen atoms in total. The Balaban J connectivity index is 1.61. The summed E-state index contributed by atoms with van der Waals surface area (Å²) in [6, 6.07) is 0.789. The molecule has 3 N–H and O–H groups in total. The lowest BCUT2D eigenvalue weighted by Crippen LogP contribution is -2.44. The van der Waals surface area contributed by atoms with E-state index in [-0.39, 0.29) is 17.9 Å². The molecule has 2 fully saturated rings. The van der Waals surface area contributed by atoms with Gasteiger partial charge >= 0.3 is 0 Å². The highest BCUT2D eigenvalue weighted by atomic mass is 16.1. The quantitative estimate of drug-likeness (QED) is 0.757. The summed E-state index contributed by atoms with van der Waals surface area (Å²) in [6.07, 6.45) is 9.37. The normalized spacial score (nSPS) is 32.0. The second-order valence-electron chi connectivity index (χ2n) is 6.58. The SMILES string of the molecule is CC1CCCCN1CCCNC(=O)C1CCCCC1N. The number of hydrogen-bond acceptors (Lipinski definition) is 3. The van der Waals surface area contributed by atoms with Crippen LogP contribution in [0.1, 0.15) is 58.3 Å². The van der Waals surface area contributed by atoms with Crippen LogP contribution < -0.4 is 11.1 Å². The summed E-state index contributed by atoms with van der Waals surface area (Å²) in [4.78, 5) is 14.7. The van der Waals surface area contributed by atoms with Gasteiger partial charge in [-0.05, 0) is 45.6 Å². The van der Waals surface area contributed by atoms with Crippen LogP contribution in [0.5, 0.6) is 0 Å². The first-order valence-electron chi connectivity index (χ1n) is 8.46. The minimum absolute atomic E-state index is 0.0534. The lowest BCUT2D eigenvalue weighted by Gasteiger charge is -2.33. The van der Waals surface area contributed by atoms with E-state index in [1.807, 2.05) is 0 Å². The fraction of sp³-hybridized carbons (Fsp3) is 0.938. The van der Waals surface area contributed by atoms with E-state index in [0.29, 0.717) is 6.04 Å². The van der Waals surface area contributed by atoms with Crippen LogP contribution in [0.3, 0.4) is 0 Å². The van der Waals surface area contributed by atoms with Crippen molar-refractivity contribution in [3.8, 4) is 0 Å². The van der Waals surface area contributed by atoms with Crippen LogP contribution >= 0.6 is 0 Å². The van der Waals surface area contributed by atoms with Gasteiger partial charge < -0.3 is 16.0 Å². The average molecular weight is 281 g/mol. The third-order valence-electron chi connectivity index (χ3n) is 5.02. The predicted molar refractivity (Wildman–Crippen MR) is 82.4 cm³/mol. The Morgan fingerprint density at radius 3 is 2.70 bits per heavy atom. The minimum atomic E-state index is 0.0534. The van der Waals surface area contributed by atoms with Gasteiger partial charge in [0.15, 0.2) is 0 Å². The van der Waals surface area contributed by atoms with Gasteiger partial charge in [0.1, 0.15) is 0 Å². The summed E-state index contributed by atoms with van der Waals surface area (Å²) in [7, 11) is 0. The Hall–Kier alpha value is -0.610. The van der Waals surface area contributed by atoms with E-state index >= 15 is 0 Å². The zero-order chi connectivity index (χ0) is 14.4. The van der Waals surface area contributed by atoms with Crippen molar-refractivity contribution in [3.05, 3.63) is 0 Å². The number of rotatable bonds is 5. The predicted octanol–water partition coefficient (Wildman–Crippen LogP) is 1.88. The molecule has 1 heterocycles. The van der Waals surface area contributed by atoms with Crippen LogP contribution in [0.4, 0.5) is 0 Å². The number of piperidine rings is 1. The molecule has 2 aliphatic rings. The fourth-order valence-electron chi connectivity index (χ4n) is 3.60. The van der Waals surface area contributed by atoms with Gasteiger partial charge in [-0.15, -0.1) is 0 Å². The van der Waals surface area contributed by atoms with E-state index in [1.165, 1.54) is 32.2 Å². The number of carbonyl (C=O) groups excluding carboxylic acids is 1. The number of likely N-dealkylation sites (tertiary alicyclic amines) is 1. The van der Waals surface area contributed by atoms with E-state index in [1.54, 1.807) is 0 Å². The second kappa shape index (κ2) is 7.99. The molecule has 2 rings (SSSR count). The summed E-state index contributed by atoms with van der Waals surface area (Å²) in [5, 5.41) is 3.09. The van der Waals surface area contributed by atoms with Gasteiger partial charge in [0.25, 0.3) is 0 Å². The molecule has 1 amide bonds. The number of carbonyl (C=O) groups is 1. The third-order valence-corrected chi connectivity index (χ3v) is 5.02. The summed E-state index contributed by atoms with van der Waals surface area (Å²) < 4.78 is 0. The van der Waals surface area contributed by atoms with Gasteiger partial charge in [0.05, 0.1) is 5.92 Å². The van der Waals surface area contributed by atoms with Gasteiger partial charge in [-0.25, -0.2) is 0 Å². The Bertz CT molecular complexity index is 308. The molecular weight excluding hydrogens is 250 g/mol. The molecule has 0 aromatic heterocycles. The topological polar surface area (TPSA) is 58.4 Å². The summed E-state index contributed by atoms with van der Waals surface area (Å²) in [5.41, 5.74) is 6.05. The Labute approximate surface area is 123 Å². The molecular formula is C16H31N3O. The molecule has 3 unspecified atom stereocenters. The number of amides is 1. The first kappa shape index (κ1) is 15.8. The van der Waals surface area contributed by atoms with E-state index in [4.69, 9.17) is 5.73 Å². The Morgan fingerprint density at radius 1 is 1.20 bits per heavy atom. The molecule has 1 saturated carbocycles. The first-order chi connectivity index (χ1) is 9.68. The zero-order valence-electron chi connectivity index (χ0n) is 12.9. The van der Waals surface area contributed by atoms with Crippen LogP contribution in [0.25, 0.3) is 0 Å². The monoisotopic (exact) mass is 281 g/mol. The summed E-state index contributed by atoms with van der Waals surface area (Å²) in [5.74, 6) is 0.238. The molecule has 0 radical (unpaired) electrons. The van der Waals surface area contributed by atoms with E-state index in [2.05, 4.69) is 17.1 Å². The first-order valence-corrected chi connectivity index (χ1v) is 8.46. The summed E-state index contributed by atoms with van der Waals surface area (Å²) >= 11 is 0. The molecule has 0 bridgehead atoms. The summed E-state index contributed by atoms with van der Waals surface area (Å²) in [6.45, 7) is 5.45. The highest BCUT2D eigenvalue weighted by Gasteiger charge is 2.27. The van der Waals surface area contributed by atoms with Gasteiger partial charge in [0.2, 0.25) is 5.91 Å². The maximum atomic E-state index is 12.1. The highest BCUT2D eigenvalue weighted by Crippen LogP contribution is 2.23. The maximum Gasteiger partial charge on any atom is 0.224 e. The molecule has 4 heteroatoms. The van der Waals surface area contributed by atoms with E-state index in [9.17, 15) is 4.79 Å². The lowest BCUT2D eigenvalue weighted by molar-refractivity contribution is -0.126. The van der Waals surface area contributed by atoms with Crippen LogP contribution in [0.2, 0.25) is 0 Å². The van der Waals surface area contributed by atoms with Gasteiger partial charge in [-0.1, -0.05) is 19.3 Å². The number of nitrogens with one attached hydrogen (secondary N) is 1. The van der Waals surface area contributed by atoms with Crippen molar-refractivity contribution in [1.82, 2.24) is 10.2 Å².